The molecule has 0 aromatic carbocycles. The van der Waals surface area contributed by atoms with Crippen LogP contribution in [0.1, 0.15) is 49.9 Å². The lowest BCUT2D eigenvalue weighted by Gasteiger charge is -2.34. The summed E-state index contributed by atoms with van der Waals surface area (Å²) in [5, 5.41) is 0. The molecular weight excluding hydrogens is 544 g/mol. The van der Waals surface area contributed by atoms with Gasteiger partial charge >= 0.3 is 0 Å². The third-order valence-electron chi connectivity index (χ3n) is 6.83. The van der Waals surface area contributed by atoms with E-state index in [1.807, 2.05) is 6.20 Å². The Balaban J connectivity index is 1.35. The van der Waals surface area contributed by atoms with Gasteiger partial charge in [-0.25, -0.2) is 9.97 Å². The van der Waals surface area contributed by atoms with E-state index in [2.05, 4.69) is 50.0 Å². The molecule has 0 amide bonds. The van der Waals surface area contributed by atoms with Crippen LogP contribution in [0.4, 0.5) is 0 Å². The van der Waals surface area contributed by atoms with E-state index in [9.17, 15) is 0 Å². The van der Waals surface area contributed by atoms with Crippen LogP contribution in [0.2, 0.25) is 25.7 Å². The first-order valence-corrected chi connectivity index (χ1v) is 17.7. The number of imidazole rings is 1. The molecule has 4 rings (SSSR count). The Labute approximate surface area is 224 Å². The molecule has 2 saturated heterocycles. The summed E-state index contributed by atoms with van der Waals surface area (Å²) in [7, 11) is -1.13. The summed E-state index contributed by atoms with van der Waals surface area (Å²) in [5.41, 5.74) is 0. The van der Waals surface area contributed by atoms with Crippen molar-refractivity contribution in [1.82, 2.24) is 19.4 Å². The number of aromatic nitrogens is 3. The molecule has 0 radical (unpaired) electrons. The summed E-state index contributed by atoms with van der Waals surface area (Å²) < 4.78 is 32.3. The van der Waals surface area contributed by atoms with E-state index in [1.165, 1.54) is 0 Å². The minimum absolute atomic E-state index is 0.223. The number of oxazole rings is 1. The maximum Gasteiger partial charge on any atom is 0.255 e. The molecule has 0 saturated carbocycles. The first kappa shape index (κ1) is 27.9. The van der Waals surface area contributed by atoms with Crippen LogP contribution in [0.3, 0.4) is 0 Å². The molecular formula is C25H41BrN4O5Si. The number of morpholine rings is 1. The molecule has 2 aromatic heterocycles. The van der Waals surface area contributed by atoms with E-state index in [1.54, 1.807) is 12.5 Å². The molecule has 2 aliphatic heterocycles. The number of hydrogen-bond donors (Lipinski definition) is 0. The highest BCUT2D eigenvalue weighted by molar-refractivity contribution is 9.10. The van der Waals surface area contributed by atoms with Crippen molar-refractivity contribution >= 4 is 24.0 Å². The number of unbranched alkanes of at least 4 members (excludes halogenated alkanes) is 2. The fraction of sp³-hybridized carbons (Fsp3) is 0.760. The highest BCUT2D eigenvalue weighted by Crippen LogP contribution is 2.36. The second-order valence-electron chi connectivity index (χ2n) is 10.8. The lowest BCUT2D eigenvalue weighted by molar-refractivity contribution is -0.187. The van der Waals surface area contributed by atoms with Crippen molar-refractivity contribution in [3.05, 3.63) is 35.0 Å². The third-order valence-corrected chi connectivity index (χ3v) is 9.17. The van der Waals surface area contributed by atoms with Gasteiger partial charge in [-0.1, -0.05) is 32.5 Å². The first-order chi connectivity index (χ1) is 17.4. The SMILES string of the molecule is C[Si](C)(C)CCOCn1c(Br)cnc1[C@H](CCCCCC1(c2ncco2)OCCO1)N1CCOCC1. The molecule has 202 valence electrons. The number of nitrogens with zero attached hydrogens (tertiary/aromatic N) is 4. The van der Waals surface area contributed by atoms with Crippen LogP contribution in [0.5, 0.6) is 0 Å². The molecule has 4 heterocycles. The Morgan fingerprint density at radius 2 is 1.86 bits per heavy atom. The number of hydrogen-bond acceptors (Lipinski definition) is 8. The molecule has 2 aliphatic rings. The van der Waals surface area contributed by atoms with Gasteiger partial charge in [0, 0.05) is 34.2 Å². The fourth-order valence-corrected chi connectivity index (χ4v) is 5.92. The summed E-state index contributed by atoms with van der Waals surface area (Å²) in [6.07, 6.45) is 9.98. The van der Waals surface area contributed by atoms with Gasteiger partial charge in [0.05, 0.1) is 44.9 Å². The molecule has 2 fully saturated rings. The largest absolute Gasteiger partial charge is 0.444 e. The quantitative estimate of drug-likeness (QED) is 0.222. The van der Waals surface area contributed by atoms with E-state index < -0.39 is 13.9 Å². The van der Waals surface area contributed by atoms with Crippen molar-refractivity contribution < 1.29 is 23.4 Å². The summed E-state index contributed by atoms with van der Waals surface area (Å²) >= 11 is 3.70. The van der Waals surface area contributed by atoms with E-state index in [0.29, 0.717) is 25.8 Å². The maximum atomic E-state index is 6.10. The molecule has 0 N–H and O–H groups in total. The minimum atomic E-state index is -1.13. The average Bonchev–Trinajstić information content (AvgIpc) is 3.62. The van der Waals surface area contributed by atoms with Gasteiger partial charge in [0.25, 0.3) is 5.89 Å². The molecule has 0 aliphatic carbocycles. The molecule has 36 heavy (non-hydrogen) atoms. The van der Waals surface area contributed by atoms with Gasteiger partial charge in [0.1, 0.15) is 23.4 Å². The van der Waals surface area contributed by atoms with Gasteiger partial charge in [-0.15, -0.1) is 0 Å². The minimum Gasteiger partial charge on any atom is -0.444 e. The van der Waals surface area contributed by atoms with E-state index in [-0.39, 0.29) is 6.04 Å². The van der Waals surface area contributed by atoms with Crippen LogP contribution in [-0.4, -0.2) is 73.6 Å². The van der Waals surface area contributed by atoms with Gasteiger partial charge in [0.2, 0.25) is 5.79 Å². The lowest BCUT2D eigenvalue weighted by atomic mass is 10.0. The molecule has 0 bridgehead atoms. The zero-order valence-electron chi connectivity index (χ0n) is 21.9. The standard InChI is InChI=1S/C25H41BrN4O5Si/c1-36(2,3)18-17-32-20-30-22(26)19-28-23(30)21(29-10-13-31-14-11-29)7-5-4-6-8-25(34-15-16-35-25)24-27-9-12-33-24/h9,12,19,21H,4-8,10-11,13-18,20H2,1-3H3/t21-/m0/s1. The lowest BCUT2D eigenvalue weighted by Crippen LogP contribution is -2.40. The molecule has 0 spiro atoms. The van der Waals surface area contributed by atoms with Crippen molar-refractivity contribution in [2.45, 2.75) is 76.3 Å². The second-order valence-corrected chi connectivity index (χ2v) is 17.2. The number of ether oxygens (including phenoxy) is 4. The topological polar surface area (TPSA) is 84.0 Å². The monoisotopic (exact) mass is 584 g/mol. The molecule has 1 atom stereocenters. The summed E-state index contributed by atoms with van der Waals surface area (Å²) in [4.78, 5) is 11.6. The number of halogens is 1. The highest BCUT2D eigenvalue weighted by Gasteiger charge is 2.42. The highest BCUT2D eigenvalue weighted by atomic mass is 79.9. The van der Waals surface area contributed by atoms with Gasteiger partial charge in [-0.2, -0.15) is 0 Å². The Bertz CT molecular complexity index is 908. The molecule has 0 unspecified atom stereocenters. The van der Waals surface area contributed by atoms with Gasteiger partial charge in [-0.3, -0.25) is 9.47 Å². The zero-order chi connectivity index (χ0) is 25.4. The summed E-state index contributed by atoms with van der Waals surface area (Å²) in [6, 6.07) is 1.38. The van der Waals surface area contributed by atoms with E-state index in [4.69, 9.17) is 28.3 Å². The van der Waals surface area contributed by atoms with Gasteiger partial charge in [-0.05, 0) is 34.8 Å². The second kappa shape index (κ2) is 13.1. The van der Waals surface area contributed by atoms with E-state index in [0.717, 1.165) is 81.5 Å². The average molecular weight is 586 g/mol. The van der Waals surface area contributed by atoms with Crippen molar-refractivity contribution in [3.8, 4) is 0 Å². The number of rotatable bonds is 14. The predicted molar refractivity (Wildman–Crippen MR) is 142 cm³/mol. The fourth-order valence-electron chi connectivity index (χ4n) is 4.77. The van der Waals surface area contributed by atoms with Crippen molar-refractivity contribution in [2.75, 3.05) is 46.1 Å². The molecule has 9 nitrogen and oxygen atoms in total. The Morgan fingerprint density at radius 1 is 1.08 bits per heavy atom. The maximum absolute atomic E-state index is 6.10. The van der Waals surface area contributed by atoms with Crippen molar-refractivity contribution in [1.29, 1.82) is 0 Å². The molecule has 11 heteroatoms. The van der Waals surface area contributed by atoms with Gasteiger partial charge < -0.3 is 23.4 Å². The predicted octanol–water partition coefficient (Wildman–Crippen LogP) is 5.17. The summed E-state index contributed by atoms with van der Waals surface area (Å²) in [5.74, 6) is 0.754. The van der Waals surface area contributed by atoms with Crippen molar-refractivity contribution in [2.24, 2.45) is 0 Å². The Morgan fingerprint density at radius 3 is 2.56 bits per heavy atom. The van der Waals surface area contributed by atoms with Crippen LogP contribution < -0.4 is 0 Å². The van der Waals surface area contributed by atoms with Crippen LogP contribution in [0, 0.1) is 0 Å². The first-order valence-electron chi connectivity index (χ1n) is 13.2. The molecule has 2 aromatic rings. The van der Waals surface area contributed by atoms with Gasteiger partial charge in [0.15, 0.2) is 0 Å². The Kier molecular flexibility index (Phi) is 10.2. The summed E-state index contributed by atoms with van der Waals surface area (Å²) in [6.45, 7) is 12.9. The van der Waals surface area contributed by atoms with Crippen molar-refractivity contribution in [3.63, 3.8) is 0 Å². The normalized spacial score (nSPS) is 19.7. The van der Waals surface area contributed by atoms with Crippen LogP contribution >= 0.6 is 15.9 Å². The Hall–Kier alpha value is -1.08. The zero-order valence-corrected chi connectivity index (χ0v) is 24.5. The van der Waals surface area contributed by atoms with Crippen LogP contribution in [-0.2, 0) is 31.5 Å². The van der Waals surface area contributed by atoms with Crippen LogP contribution in [0.25, 0.3) is 0 Å². The van der Waals surface area contributed by atoms with E-state index >= 15 is 0 Å². The third kappa shape index (κ3) is 7.49. The smallest absolute Gasteiger partial charge is 0.255 e. The van der Waals surface area contributed by atoms with Crippen LogP contribution in [0.15, 0.2) is 27.7 Å².